The molecular weight excluding hydrogens is 190 g/mol. The molecule has 0 saturated carbocycles. The fourth-order valence-electron chi connectivity index (χ4n) is 1.30. The minimum Gasteiger partial charge on any atom is -0.399 e. The number of nitrogens with two attached hydrogens (primary N) is 1. The third kappa shape index (κ3) is 2.68. The Morgan fingerprint density at radius 1 is 1.40 bits per heavy atom. The highest BCUT2D eigenvalue weighted by Gasteiger charge is 2.18. The number of hydrogen-bond acceptors (Lipinski definition) is 4. The summed E-state index contributed by atoms with van der Waals surface area (Å²) in [5, 5.41) is 3.68. The second-order valence-electron chi connectivity index (χ2n) is 4.36. The van der Waals surface area contributed by atoms with Crippen molar-refractivity contribution in [2.24, 2.45) is 5.16 Å². The first kappa shape index (κ1) is 11.5. The molecule has 0 saturated heterocycles. The minimum absolute atomic E-state index is 0.0198. The lowest BCUT2D eigenvalue weighted by atomic mass is 9.86. The van der Waals surface area contributed by atoms with E-state index in [0.29, 0.717) is 5.69 Å². The van der Waals surface area contributed by atoms with Crippen molar-refractivity contribution < 1.29 is 4.84 Å². The van der Waals surface area contributed by atoms with Crippen LogP contribution in [-0.4, -0.2) is 18.3 Å². The first-order valence-electron chi connectivity index (χ1n) is 4.77. The SMILES string of the molecule is CON=Cc1cncc(C(C)(C)C)c1N. The summed E-state index contributed by atoms with van der Waals surface area (Å²) in [7, 11) is 1.49. The van der Waals surface area contributed by atoms with Gasteiger partial charge >= 0.3 is 0 Å². The summed E-state index contributed by atoms with van der Waals surface area (Å²) in [4.78, 5) is 8.75. The number of aromatic nitrogens is 1. The predicted molar refractivity (Wildman–Crippen MR) is 62.0 cm³/mol. The van der Waals surface area contributed by atoms with Gasteiger partial charge in [-0.2, -0.15) is 0 Å². The van der Waals surface area contributed by atoms with Gasteiger partial charge < -0.3 is 10.6 Å². The maximum Gasteiger partial charge on any atom is 0.106 e. The highest BCUT2D eigenvalue weighted by molar-refractivity contribution is 5.87. The van der Waals surface area contributed by atoms with Gasteiger partial charge in [-0.3, -0.25) is 4.98 Å². The Kier molecular flexibility index (Phi) is 3.29. The van der Waals surface area contributed by atoms with Gasteiger partial charge in [-0.25, -0.2) is 0 Å². The molecule has 0 spiro atoms. The van der Waals surface area contributed by atoms with Crippen LogP contribution >= 0.6 is 0 Å². The van der Waals surface area contributed by atoms with Gasteiger partial charge in [-0.1, -0.05) is 25.9 Å². The monoisotopic (exact) mass is 207 g/mol. The van der Waals surface area contributed by atoms with E-state index in [1.54, 1.807) is 18.6 Å². The molecule has 0 amide bonds. The van der Waals surface area contributed by atoms with E-state index in [2.05, 4.69) is 35.7 Å². The number of hydrogen-bond donors (Lipinski definition) is 1. The van der Waals surface area contributed by atoms with Gasteiger partial charge in [0, 0.05) is 23.6 Å². The number of oxime groups is 1. The molecule has 1 aromatic rings. The van der Waals surface area contributed by atoms with Crippen LogP contribution in [0.5, 0.6) is 0 Å². The summed E-state index contributed by atoms with van der Waals surface area (Å²) >= 11 is 0. The van der Waals surface area contributed by atoms with Crippen LogP contribution < -0.4 is 5.73 Å². The fourth-order valence-corrected chi connectivity index (χ4v) is 1.30. The van der Waals surface area contributed by atoms with Crippen LogP contribution in [0.4, 0.5) is 5.69 Å². The van der Waals surface area contributed by atoms with Crippen molar-refractivity contribution in [1.82, 2.24) is 4.98 Å². The molecule has 0 fully saturated rings. The Labute approximate surface area is 90.1 Å². The largest absolute Gasteiger partial charge is 0.399 e. The maximum atomic E-state index is 6.02. The van der Waals surface area contributed by atoms with E-state index in [1.165, 1.54) is 7.11 Å². The molecule has 0 radical (unpaired) electrons. The van der Waals surface area contributed by atoms with Crippen LogP contribution in [0.25, 0.3) is 0 Å². The summed E-state index contributed by atoms with van der Waals surface area (Å²) in [6.07, 6.45) is 5.03. The minimum atomic E-state index is -0.0198. The Hall–Kier alpha value is -1.58. The van der Waals surface area contributed by atoms with Crippen LogP contribution in [0.2, 0.25) is 0 Å². The zero-order valence-electron chi connectivity index (χ0n) is 9.61. The van der Waals surface area contributed by atoms with Gasteiger partial charge in [-0.15, -0.1) is 0 Å². The Bertz CT molecular complexity index is 367. The molecule has 2 N–H and O–H groups in total. The molecule has 15 heavy (non-hydrogen) atoms. The van der Waals surface area contributed by atoms with E-state index in [9.17, 15) is 0 Å². The van der Waals surface area contributed by atoms with E-state index in [0.717, 1.165) is 11.1 Å². The number of nitrogens with zero attached hydrogens (tertiary/aromatic N) is 2. The summed E-state index contributed by atoms with van der Waals surface area (Å²) in [6, 6.07) is 0. The molecule has 0 unspecified atom stereocenters. The highest BCUT2D eigenvalue weighted by atomic mass is 16.6. The second-order valence-corrected chi connectivity index (χ2v) is 4.36. The maximum absolute atomic E-state index is 6.02. The molecule has 1 aromatic heterocycles. The smallest absolute Gasteiger partial charge is 0.106 e. The molecule has 0 aliphatic carbocycles. The van der Waals surface area contributed by atoms with Crippen LogP contribution in [0.1, 0.15) is 31.9 Å². The van der Waals surface area contributed by atoms with Crippen LogP contribution in [0.15, 0.2) is 17.5 Å². The zero-order valence-corrected chi connectivity index (χ0v) is 9.61. The molecule has 4 heteroatoms. The van der Waals surface area contributed by atoms with E-state index in [4.69, 9.17) is 5.73 Å². The molecule has 0 atom stereocenters. The van der Waals surface area contributed by atoms with Gasteiger partial charge in [0.25, 0.3) is 0 Å². The lowest BCUT2D eigenvalue weighted by Crippen LogP contribution is -2.15. The predicted octanol–water partition coefficient (Wildman–Crippen LogP) is 1.94. The first-order valence-corrected chi connectivity index (χ1v) is 4.77. The normalized spacial score (nSPS) is 12.0. The van der Waals surface area contributed by atoms with Gasteiger partial charge in [-0.05, 0) is 11.0 Å². The molecule has 82 valence electrons. The number of anilines is 1. The molecule has 0 aliphatic heterocycles. The Morgan fingerprint density at radius 3 is 2.60 bits per heavy atom. The molecule has 1 rings (SSSR count). The number of nitrogen functional groups attached to an aromatic ring is 1. The molecule has 0 aliphatic rings. The van der Waals surface area contributed by atoms with Crippen LogP contribution in [-0.2, 0) is 10.3 Å². The van der Waals surface area contributed by atoms with Gasteiger partial charge in [0.05, 0.1) is 6.21 Å². The average molecular weight is 207 g/mol. The van der Waals surface area contributed by atoms with Crippen molar-refractivity contribution >= 4 is 11.9 Å². The quantitative estimate of drug-likeness (QED) is 0.595. The van der Waals surface area contributed by atoms with Gasteiger partial charge in [0.15, 0.2) is 0 Å². The third-order valence-corrected chi connectivity index (χ3v) is 2.12. The van der Waals surface area contributed by atoms with Crippen molar-refractivity contribution in [3.63, 3.8) is 0 Å². The van der Waals surface area contributed by atoms with E-state index in [1.807, 2.05) is 0 Å². The summed E-state index contributed by atoms with van der Waals surface area (Å²) in [5.41, 5.74) is 8.51. The molecule has 0 aromatic carbocycles. The second kappa shape index (κ2) is 4.29. The Morgan fingerprint density at radius 2 is 2.07 bits per heavy atom. The molecule has 4 nitrogen and oxygen atoms in total. The highest BCUT2D eigenvalue weighted by Crippen LogP contribution is 2.28. The molecule has 0 bridgehead atoms. The average Bonchev–Trinajstić information content (AvgIpc) is 2.14. The number of rotatable bonds is 2. The van der Waals surface area contributed by atoms with E-state index >= 15 is 0 Å². The van der Waals surface area contributed by atoms with Crippen molar-refractivity contribution in [1.29, 1.82) is 0 Å². The van der Waals surface area contributed by atoms with Gasteiger partial charge in [0.1, 0.15) is 7.11 Å². The van der Waals surface area contributed by atoms with Crippen LogP contribution in [0.3, 0.4) is 0 Å². The van der Waals surface area contributed by atoms with Crippen molar-refractivity contribution in [2.45, 2.75) is 26.2 Å². The lowest BCUT2D eigenvalue weighted by molar-refractivity contribution is 0.215. The van der Waals surface area contributed by atoms with E-state index < -0.39 is 0 Å². The summed E-state index contributed by atoms with van der Waals surface area (Å²) < 4.78 is 0. The molecular formula is C11H17N3O. The standard InChI is InChI=1S/C11H17N3O/c1-11(2,3)9-7-13-5-8(10(9)12)6-14-15-4/h5-7H,1-4H3,(H2,12,13). The zero-order chi connectivity index (χ0) is 11.5. The number of pyridine rings is 1. The summed E-state index contributed by atoms with van der Waals surface area (Å²) in [5.74, 6) is 0. The van der Waals surface area contributed by atoms with Crippen molar-refractivity contribution in [2.75, 3.05) is 12.8 Å². The van der Waals surface area contributed by atoms with Crippen molar-refractivity contribution in [3.8, 4) is 0 Å². The first-order chi connectivity index (χ1) is 6.96. The fraction of sp³-hybridized carbons (Fsp3) is 0.455. The van der Waals surface area contributed by atoms with E-state index in [-0.39, 0.29) is 5.41 Å². The third-order valence-electron chi connectivity index (χ3n) is 2.12. The summed E-state index contributed by atoms with van der Waals surface area (Å²) in [6.45, 7) is 6.28. The van der Waals surface area contributed by atoms with Gasteiger partial charge in [0.2, 0.25) is 0 Å². The topological polar surface area (TPSA) is 60.5 Å². The van der Waals surface area contributed by atoms with Crippen molar-refractivity contribution in [3.05, 3.63) is 23.5 Å². The van der Waals surface area contributed by atoms with Crippen LogP contribution in [0, 0.1) is 0 Å². The lowest BCUT2D eigenvalue weighted by Gasteiger charge is -2.21. The molecule has 1 heterocycles. The Balaban J connectivity index is 3.17.